The molecule has 1 N–H and O–H groups in total. The molecule has 1 fully saturated rings. The van der Waals surface area contributed by atoms with E-state index < -0.39 is 0 Å². The Morgan fingerprint density at radius 2 is 2.00 bits per heavy atom. The summed E-state index contributed by atoms with van der Waals surface area (Å²) in [5.74, 6) is 0.627. The molecule has 1 unspecified atom stereocenters. The quantitative estimate of drug-likeness (QED) is 0.845. The predicted octanol–water partition coefficient (Wildman–Crippen LogP) is 4.11. The molecule has 0 saturated carbocycles. The fraction of sp³-hybridized carbons (Fsp3) is 0.647. The first-order valence-corrected chi connectivity index (χ1v) is 7.41. The molecule has 0 spiro atoms. The van der Waals surface area contributed by atoms with Crippen LogP contribution in [0, 0.1) is 13.8 Å². The van der Waals surface area contributed by atoms with Gasteiger partial charge in [0.15, 0.2) is 0 Å². The van der Waals surface area contributed by atoms with Crippen molar-refractivity contribution in [3.63, 3.8) is 0 Å². The average Bonchev–Trinajstić information content (AvgIpc) is 2.35. The molecule has 0 aromatic heterocycles. The van der Waals surface area contributed by atoms with Crippen LogP contribution < -0.4 is 5.32 Å². The van der Waals surface area contributed by atoms with Crippen molar-refractivity contribution in [2.75, 3.05) is 6.54 Å². The Labute approximate surface area is 112 Å². The summed E-state index contributed by atoms with van der Waals surface area (Å²) in [6, 6.07) is 5.49. The molecular formula is C17H27N. The van der Waals surface area contributed by atoms with Gasteiger partial charge in [0, 0.05) is 6.04 Å². The van der Waals surface area contributed by atoms with E-state index in [1.165, 1.54) is 48.9 Å². The number of nitrogens with one attached hydrogen (secondary N) is 1. The van der Waals surface area contributed by atoms with Gasteiger partial charge in [-0.15, -0.1) is 0 Å². The number of benzene rings is 1. The summed E-state index contributed by atoms with van der Waals surface area (Å²) in [7, 11) is 0. The third kappa shape index (κ3) is 3.14. The monoisotopic (exact) mass is 245 g/mol. The number of aryl methyl sites for hydroxylation is 1. The Morgan fingerprint density at radius 3 is 2.61 bits per heavy atom. The lowest BCUT2D eigenvalue weighted by Gasteiger charge is -2.25. The van der Waals surface area contributed by atoms with Crippen molar-refractivity contribution in [2.24, 2.45) is 0 Å². The van der Waals surface area contributed by atoms with E-state index >= 15 is 0 Å². The molecule has 1 aromatic rings. The van der Waals surface area contributed by atoms with Crippen molar-refractivity contribution in [3.8, 4) is 0 Å². The van der Waals surface area contributed by atoms with E-state index in [1.54, 1.807) is 5.56 Å². The van der Waals surface area contributed by atoms with Gasteiger partial charge in [-0.25, -0.2) is 0 Å². The van der Waals surface area contributed by atoms with Crippen molar-refractivity contribution in [1.82, 2.24) is 5.32 Å². The second-order valence-corrected chi connectivity index (χ2v) is 6.13. The molecule has 0 amide bonds. The SMILES string of the molecule is Cc1cc(C(C)C)cc(CC2CCCCN2)c1C. The molecule has 1 atom stereocenters. The van der Waals surface area contributed by atoms with E-state index in [0.717, 1.165) is 0 Å². The highest BCUT2D eigenvalue weighted by atomic mass is 14.9. The minimum atomic E-state index is 0.627. The van der Waals surface area contributed by atoms with Crippen LogP contribution in [0.4, 0.5) is 0 Å². The Bertz CT molecular complexity index is 400. The molecule has 1 heterocycles. The lowest BCUT2D eigenvalue weighted by Crippen LogP contribution is -2.35. The van der Waals surface area contributed by atoms with Crippen LogP contribution >= 0.6 is 0 Å². The lowest BCUT2D eigenvalue weighted by atomic mass is 9.89. The zero-order valence-electron chi connectivity index (χ0n) is 12.3. The average molecular weight is 245 g/mol. The fourth-order valence-electron chi connectivity index (χ4n) is 2.87. The maximum absolute atomic E-state index is 3.66. The van der Waals surface area contributed by atoms with Gasteiger partial charge in [-0.3, -0.25) is 0 Å². The molecule has 1 nitrogen and oxygen atoms in total. The first kappa shape index (κ1) is 13.6. The van der Waals surface area contributed by atoms with Gasteiger partial charge < -0.3 is 5.32 Å². The molecule has 1 aliphatic rings. The molecule has 1 aromatic carbocycles. The molecule has 0 bridgehead atoms. The minimum Gasteiger partial charge on any atom is -0.314 e. The van der Waals surface area contributed by atoms with Crippen LogP contribution in [0.3, 0.4) is 0 Å². The second-order valence-electron chi connectivity index (χ2n) is 6.13. The standard InChI is InChI=1S/C17H27N/c1-12(2)15-9-13(3)14(4)16(10-15)11-17-7-5-6-8-18-17/h9-10,12,17-18H,5-8,11H2,1-4H3. The van der Waals surface area contributed by atoms with Crippen LogP contribution in [-0.4, -0.2) is 12.6 Å². The van der Waals surface area contributed by atoms with Gasteiger partial charge in [-0.05, 0) is 67.8 Å². The van der Waals surface area contributed by atoms with Crippen molar-refractivity contribution in [3.05, 3.63) is 34.4 Å². The van der Waals surface area contributed by atoms with Gasteiger partial charge in [0.25, 0.3) is 0 Å². The van der Waals surface area contributed by atoms with Gasteiger partial charge >= 0.3 is 0 Å². The third-order valence-electron chi connectivity index (χ3n) is 4.34. The highest BCUT2D eigenvalue weighted by Crippen LogP contribution is 2.24. The van der Waals surface area contributed by atoms with Crippen LogP contribution in [0.25, 0.3) is 0 Å². The molecule has 1 heteroatoms. The molecule has 18 heavy (non-hydrogen) atoms. The largest absolute Gasteiger partial charge is 0.314 e. The predicted molar refractivity (Wildman–Crippen MR) is 79.4 cm³/mol. The minimum absolute atomic E-state index is 0.627. The van der Waals surface area contributed by atoms with Gasteiger partial charge in [-0.1, -0.05) is 32.4 Å². The first-order chi connectivity index (χ1) is 8.58. The number of piperidine rings is 1. The van der Waals surface area contributed by atoms with Crippen molar-refractivity contribution >= 4 is 0 Å². The number of hydrogen-bond acceptors (Lipinski definition) is 1. The van der Waals surface area contributed by atoms with E-state index in [0.29, 0.717) is 12.0 Å². The van der Waals surface area contributed by atoms with Crippen LogP contribution in [0.15, 0.2) is 12.1 Å². The Hall–Kier alpha value is -0.820. The Kier molecular flexibility index (Phi) is 4.45. The zero-order valence-corrected chi connectivity index (χ0v) is 12.3. The van der Waals surface area contributed by atoms with Crippen LogP contribution in [0.1, 0.15) is 61.3 Å². The van der Waals surface area contributed by atoms with Crippen molar-refractivity contribution in [1.29, 1.82) is 0 Å². The molecule has 100 valence electrons. The van der Waals surface area contributed by atoms with Crippen molar-refractivity contribution < 1.29 is 0 Å². The second kappa shape index (κ2) is 5.88. The van der Waals surface area contributed by atoms with E-state index in [-0.39, 0.29) is 0 Å². The van der Waals surface area contributed by atoms with E-state index in [2.05, 4.69) is 45.1 Å². The van der Waals surface area contributed by atoms with E-state index in [1.807, 2.05) is 0 Å². The summed E-state index contributed by atoms with van der Waals surface area (Å²) in [5.41, 5.74) is 5.99. The normalized spacial score (nSPS) is 20.4. The summed E-state index contributed by atoms with van der Waals surface area (Å²) in [6.45, 7) is 10.3. The fourth-order valence-corrected chi connectivity index (χ4v) is 2.87. The van der Waals surface area contributed by atoms with Crippen LogP contribution in [0.5, 0.6) is 0 Å². The molecule has 0 aliphatic carbocycles. The topological polar surface area (TPSA) is 12.0 Å². The smallest absolute Gasteiger partial charge is 0.0108 e. The van der Waals surface area contributed by atoms with Gasteiger partial charge in [0.1, 0.15) is 0 Å². The molecular weight excluding hydrogens is 218 g/mol. The van der Waals surface area contributed by atoms with Crippen LogP contribution in [0.2, 0.25) is 0 Å². The van der Waals surface area contributed by atoms with E-state index in [4.69, 9.17) is 0 Å². The van der Waals surface area contributed by atoms with Gasteiger partial charge in [0.05, 0.1) is 0 Å². The first-order valence-electron chi connectivity index (χ1n) is 7.41. The van der Waals surface area contributed by atoms with Crippen LogP contribution in [-0.2, 0) is 6.42 Å². The van der Waals surface area contributed by atoms with Crippen molar-refractivity contribution in [2.45, 2.75) is 65.3 Å². The summed E-state index contributed by atoms with van der Waals surface area (Å²) in [6.07, 6.45) is 5.28. The molecule has 0 radical (unpaired) electrons. The molecule has 1 aliphatic heterocycles. The third-order valence-corrected chi connectivity index (χ3v) is 4.34. The Balaban J connectivity index is 2.19. The summed E-state index contributed by atoms with van der Waals surface area (Å²) in [5, 5.41) is 3.66. The molecule has 2 rings (SSSR count). The highest BCUT2D eigenvalue weighted by Gasteiger charge is 2.15. The van der Waals surface area contributed by atoms with Gasteiger partial charge in [0.2, 0.25) is 0 Å². The van der Waals surface area contributed by atoms with Gasteiger partial charge in [-0.2, -0.15) is 0 Å². The number of hydrogen-bond donors (Lipinski definition) is 1. The lowest BCUT2D eigenvalue weighted by molar-refractivity contribution is 0.399. The Morgan fingerprint density at radius 1 is 1.22 bits per heavy atom. The highest BCUT2D eigenvalue weighted by molar-refractivity contribution is 5.39. The summed E-state index contributed by atoms with van der Waals surface area (Å²) >= 11 is 0. The van der Waals surface area contributed by atoms with E-state index in [9.17, 15) is 0 Å². The maximum atomic E-state index is 3.66. The zero-order chi connectivity index (χ0) is 13.1. The maximum Gasteiger partial charge on any atom is 0.0108 e. The number of rotatable bonds is 3. The summed E-state index contributed by atoms with van der Waals surface area (Å²) < 4.78 is 0. The molecule has 1 saturated heterocycles. The summed E-state index contributed by atoms with van der Waals surface area (Å²) in [4.78, 5) is 0.